The third-order valence-electron chi connectivity index (χ3n) is 6.05. The number of carbonyl (C=O) groups excluding carboxylic acids is 1. The van der Waals surface area contributed by atoms with E-state index >= 15 is 0 Å². The smallest absolute Gasteiger partial charge is 0.322 e. The molecule has 0 saturated heterocycles. The van der Waals surface area contributed by atoms with Gasteiger partial charge in [0.15, 0.2) is 0 Å². The zero-order valence-corrected chi connectivity index (χ0v) is 19.7. The van der Waals surface area contributed by atoms with Gasteiger partial charge in [0.2, 0.25) is 5.91 Å². The Balaban J connectivity index is 1.64. The van der Waals surface area contributed by atoms with E-state index in [1.54, 1.807) is 30.3 Å². The molecule has 2 heterocycles. The number of halogens is 2. The first kappa shape index (κ1) is 22.6. The highest BCUT2D eigenvalue weighted by Gasteiger charge is 2.25. The van der Waals surface area contributed by atoms with Crippen LogP contribution < -0.4 is 16.6 Å². The molecule has 5 rings (SSSR count). The number of benzene rings is 2. The van der Waals surface area contributed by atoms with Gasteiger partial charge in [-0.15, -0.1) is 11.3 Å². The molecule has 0 fully saturated rings. The van der Waals surface area contributed by atoms with Crippen LogP contribution in [0.5, 0.6) is 0 Å². The number of nitrogens with one attached hydrogen (secondary N) is 1. The minimum absolute atomic E-state index is 0.00711. The van der Waals surface area contributed by atoms with E-state index in [-0.39, 0.29) is 24.3 Å². The van der Waals surface area contributed by atoms with E-state index in [1.807, 2.05) is 0 Å². The summed E-state index contributed by atoms with van der Waals surface area (Å²) in [7, 11) is 0. The quantitative estimate of drug-likeness (QED) is 0.438. The first-order valence-electron chi connectivity index (χ1n) is 11.0. The average molecular weight is 498 g/mol. The van der Waals surface area contributed by atoms with Crippen LogP contribution in [0, 0.1) is 5.82 Å². The lowest BCUT2D eigenvalue weighted by molar-refractivity contribution is -0.116. The molecule has 0 unspecified atom stereocenters. The molecule has 1 N–H and O–H groups in total. The van der Waals surface area contributed by atoms with Crippen LogP contribution in [0.2, 0.25) is 5.02 Å². The van der Waals surface area contributed by atoms with Crippen molar-refractivity contribution in [3.63, 3.8) is 0 Å². The van der Waals surface area contributed by atoms with Crippen LogP contribution in [-0.4, -0.2) is 15.0 Å². The number of para-hydroxylation sites is 1. The minimum atomic E-state index is -0.597. The van der Waals surface area contributed by atoms with Crippen LogP contribution in [0.25, 0.3) is 10.2 Å². The fourth-order valence-corrected chi connectivity index (χ4v) is 5.96. The first-order valence-corrected chi connectivity index (χ1v) is 12.2. The van der Waals surface area contributed by atoms with Gasteiger partial charge in [0.1, 0.15) is 17.2 Å². The standard InChI is InChI=1S/C25H21ClFN3O3S/c26-17-9-3-1-7-15(17)13-29-23(32)22-16-8-2-6-12-20(16)34-24(22)30(25(29)33)14-21(31)28-19-11-5-4-10-18(19)27/h1,3-5,7,9-11H,2,6,8,12-14H2,(H,28,31). The number of amides is 1. The van der Waals surface area contributed by atoms with E-state index in [1.165, 1.54) is 34.1 Å². The highest BCUT2D eigenvalue weighted by molar-refractivity contribution is 7.18. The van der Waals surface area contributed by atoms with E-state index in [0.29, 0.717) is 20.8 Å². The number of aryl methyl sites for hydroxylation is 2. The van der Waals surface area contributed by atoms with Crippen molar-refractivity contribution in [1.29, 1.82) is 0 Å². The minimum Gasteiger partial charge on any atom is -0.322 e. The second-order valence-electron chi connectivity index (χ2n) is 8.27. The second kappa shape index (κ2) is 9.19. The van der Waals surface area contributed by atoms with Crippen molar-refractivity contribution >= 4 is 44.7 Å². The Morgan fingerprint density at radius 3 is 2.56 bits per heavy atom. The Bertz CT molecular complexity index is 1540. The number of nitrogens with zero attached hydrogens (tertiary/aromatic N) is 2. The topological polar surface area (TPSA) is 73.1 Å². The third-order valence-corrected chi connectivity index (χ3v) is 7.74. The molecule has 174 valence electrons. The number of thiophene rings is 1. The molecule has 0 aliphatic heterocycles. The summed E-state index contributed by atoms with van der Waals surface area (Å²) < 4.78 is 16.5. The van der Waals surface area contributed by atoms with Crippen molar-refractivity contribution in [2.24, 2.45) is 0 Å². The number of carbonyl (C=O) groups is 1. The molecule has 2 aromatic heterocycles. The van der Waals surface area contributed by atoms with Crippen LogP contribution in [0.15, 0.2) is 58.1 Å². The lowest BCUT2D eigenvalue weighted by atomic mass is 9.97. The fourth-order valence-electron chi connectivity index (χ4n) is 4.39. The van der Waals surface area contributed by atoms with Gasteiger partial charge in [-0.1, -0.05) is 41.9 Å². The Hall–Kier alpha value is -3.23. The van der Waals surface area contributed by atoms with Crippen LogP contribution >= 0.6 is 22.9 Å². The van der Waals surface area contributed by atoms with Crippen LogP contribution in [-0.2, 0) is 30.7 Å². The summed E-state index contributed by atoms with van der Waals surface area (Å²) in [6.45, 7) is -0.349. The van der Waals surface area contributed by atoms with Gasteiger partial charge in [-0.2, -0.15) is 0 Å². The molecule has 2 aromatic carbocycles. The molecule has 0 saturated carbocycles. The molecule has 1 aliphatic carbocycles. The molecule has 34 heavy (non-hydrogen) atoms. The average Bonchev–Trinajstić information content (AvgIpc) is 3.22. The van der Waals surface area contributed by atoms with Crippen LogP contribution in [0.1, 0.15) is 28.8 Å². The molecule has 0 spiro atoms. The van der Waals surface area contributed by atoms with E-state index in [0.717, 1.165) is 40.7 Å². The van der Waals surface area contributed by atoms with E-state index in [4.69, 9.17) is 11.6 Å². The predicted octanol–water partition coefficient (Wildman–Crippen LogP) is 4.58. The molecule has 4 aromatic rings. The van der Waals surface area contributed by atoms with Crippen LogP contribution in [0.3, 0.4) is 0 Å². The van der Waals surface area contributed by atoms with Crippen molar-refractivity contribution in [1.82, 2.24) is 9.13 Å². The van der Waals surface area contributed by atoms with Gasteiger partial charge in [-0.3, -0.25) is 18.7 Å². The van der Waals surface area contributed by atoms with Crippen molar-refractivity contribution in [2.75, 3.05) is 5.32 Å². The van der Waals surface area contributed by atoms with Gasteiger partial charge in [0, 0.05) is 9.90 Å². The molecular formula is C25H21ClFN3O3S. The van der Waals surface area contributed by atoms with E-state index < -0.39 is 17.4 Å². The molecule has 6 nitrogen and oxygen atoms in total. The van der Waals surface area contributed by atoms with Gasteiger partial charge in [0.05, 0.1) is 17.6 Å². The van der Waals surface area contributed by atoms with Gasteiger partial charge in [-0.05, 0) is 55.0 Å². The lowest BCUT2D eigenvalue weighted by Gasteiger charge is -2.14. The number of fused-ring (bicyclic) bond motifs is 3. The van der Waals surface area contributed by atoms with E-state index in [2.05, 4.69) is 5.32 Å². The first-order chi connectivity index (χ1) is 16.4. The second-order valence-corrected chi connectivity index (χ2v) is 9.76. The Morgan fingerprint density at radius 1 is 1.03 bits per heavy atom. The number of aromatic nitrogens is 2. The van der Waals surface area contributed by atoms with Crippen LogP contribution in [0.4, 0.5) is 10.1 Å². The number of anilines is 1. The molecule has 0 atom stereocenters. The maximum atomic E-state index is 14.0. The molecular weight excluding hydrogens is 477 g/mol. The number of hydrogen-bond donors (Lipinski definition) is 1. The zero-order chi connectivity index (χ0) is 23.8. The zero-order valence-electron chi connectivity index (χ0n) is 18.1. The van der Waals surface area contributed by atoms with Gasteiger partial charge < -0.3 is 5.32 Å². The molecule has 9 heteroatoms. The van der Waals surface area contributed by atoms with Crippen molar-refractivity contribution < 1.29 is 9.18 Å². The molecule has 1 amide bonds. The summed E-state index contributed by atoms with van der Waals surface area (Å²) >= 11 is 7.69. The number of rotatable bonds is 5. The van der Waals surface area contributed by atoms with Crippen molar-refractivity contribution in [2.45, 2.75) is 38.8 Å². The third kappa shape index (κ3) is 4.08. The van der Waals surface area contributed by atoms with Crippen molar-refractivity contribution in [3.05, 3.63) is 96.2 Å². The van der Waals surface area contributed by atoms with Gasteiger partial charge in [-0.25, -0.2) is 9.18 Å². The highest BCUT2D eigenvalue weighted by Crippen LogP contribution is 2.34. The monoisotopic (exact) mass is 497 g/mol. The van der Waals surface area contributed by atoms with Gasteiger partial charge >= 0.3 is 5.69 Å². The summed E-state index contributed by atoms with van der Waals surface area (Å²) in [4.78, 5) is 41.5. The Kier molecular flexibility index (Phi) is 6.10. The maximum absolute atomic E-state index is 14.0. The largest absolute Gasteiger partial charge is 0.332 e. The maximum Gasteiger partial charge on any atom is 0.332 e. The SMILES string of the molecule is O=C(Cn1c(=O)n(Cc2ccccc2Cl)c(=O)c2c3c(sc21)CCCC3)Nc1ccccc1F. The normalized spacial score (nSPS) is 13.1. The lowest BCUT2D eigenvalue weighted by Crippen LogP contribution is -2.41. The Morgan fingerprint density at radius 2 is 1.76 bits per heavy atom. The van der Waals surface area contributed by atoms with Crippen molar-refractivity contribution in [3.8, 4) is 0 Å². The fraction of sp³-hybridized carbons (Fsp3) is 0.240. The number of hydrogen-bond acceptors (Lipinski definition) is 4. The van der Waals surface area contributed by atoms with Gasteiger partial charge in [0.25, 0.3) is 5.56 Å². The molecule has 0 bridgehead atoms. The molecule has 0 radical (unpaired) electrons. The predicted molar refractivity (Wildman–Crippen MR) is 133 cm³/mol. The highest BCUT2D eigenvalue weighted by atomic mass is 35.5. The Labute approximate surface area is 203 Å². The summed E-state index contributed by atoms with van der Waals surface area (Å²) in [5.74, 6) is -1.12. The summed E-state index contributed by atoms with van der Waals surface area (Å²) in [6, 6.07) is 12.9. The summed E-state index contributed by atoms with van der Waals surface area (Å²) in [6.07, 6.45) is 3.59. The summed E-state index contributed by atoms with van der Waals surface area (Å²) in [5, 5.41) is 3.47. The molecule has 1 aliphatic rings. The summed E-state index contributed by atoms with van der Waals surface area (Å²) in [5.41, 5.74) is 0.665. The van der Waals surface area contributed by atoms with E-state index in [9.17, 15) is 18.8 Å².